The lowest BCUT2D eigenvalue weighted by atomic mass is 9.87. The van der Waals surface area contributed by atoms with Gasteiger partial charge in [-0.2, -0.15) is 5.26 Å². The van der Waals surface area contributed by atoms with E-state index in [1.807, 2.05) is 20.8 Å². The summed E-state index contributed by atoms with van der Waals surface area (Å²) in [4.78, 5) is 11.8. The minimum atomic E-state index is -0.479. The van der Waals surface area contributed by atoms with Crippen LogP contribution in [0.2, 0.25) is 0 Å². The first-order chi connectivity index (χ1) is 8.84. The third-order valence-corrected chi connectivity index (χ3v) is 3.76. The highest BCUT2D eigenvalue weighted by molar-refractivity contribution is 5.78. The van der Waals surface area contributed by atoms with Crippen LogP contribution in [-0.4, -0.2) is 24.7 Å². The van der Waals surface area contributed by atoms with Gasteiger partial charge in [-0.15, -0.1) is 0 Å². The van der Waals surface area contributed by atoms with Crippen molar-refractivity contribution in [2.75, 3.05) is 6.61 Å². The van der Waals surface area contributed by atoms with Gasteiger partial charge < -0.3 is 10.1 Å². The molecule has 3 atom stereocenters. The van der Waals surface area contributed by atoms with Gasteiger partial charge in [-0.05, 0) is 24.2 Å². The summed E-state index contributed by atoms with van der Waals surface area (Å²) in [6, 6.07) is 1.65. The molecule has 0 aromatic rings. The highest BCUT2D eigenvalue weighted by Crippen LogP contribution is 2.26. The molecule has 0 aromatic heterocycles. The maximum Gasteiger partial charge on any atom is 0.247 e. The zero-order chi connectivity index (χ0) is 14.5. The second-order valence-corrected chi connectivity index (χ2v) is 6.61. The van der Waals surface area contributed by atoms with E-state index in [2.05, 4.69) is 18.3 Å². The van der Waals surface area contributed by atoms with Crippen LogP contribution in [0.4, 0.5) is 0 Å². The van der Waals surface area contributed by atoms with E-state index in [0.29, 0.717) is 5.92 Å². The SMILES string of the molecule is CC1CCCCC1OCC(=O)NC(C#N)C(C)(C)C. The van der Waals surface area contributed by atoms with Crippen LogP contribution in [0.5, 0.6) is 0 Å². The molecule has 0 heterocycles. The third-order valence-electron chi connectivity index (χ3n) is 3.76. The molecular formula is C15H26N2O2. The highest BCUT2D eigenvalue weighted by atomic mass is 16.5. The number of hydrogen-bond donors (Lipinski definition) is 1. The van der Waals surface area contributed by atoms with E-state index in [4.69, 9.17) is 10.00 Å². The third kappa shape index (κ3) is 5.20. The van der Waals surface area contributed by atoms with Crippen LogP contribution in [0.3, 0.4) is 0 Å². The van der Waals surface area contributed by atoms with Gasteiger partial charge in [-0.25, -0.2) is 0 Å². The van der Waals surface area contributed by atoms with Gasteiger partial charge in [0.05, 0.1) is 12.2 Å². The van der Waals surface area contributed by atoms with Gasteiger partial charge in [-0.1, -0.05) is 40.5 Å². The maximum atomic E-state index is 11.8. The zero-order valence-corrected chi connectivity index (χ0v) is 12.5. The number of hydrogen-bond acceptors (Lipinski definition) is 3. The monoisotopic (exact) mass is 266 g/mol. The highest BCUT2D eigenvalue weighted by Gasteiger charge is 2.27. The summed E-state index contributed by atoms with van der Waals surface area (Å²) >= 11 is 0. The Morgan fingerprint density at radius 2 is 2.05 bits per heavy atom. The van der Waals surface area contributed by atoms with Crippen LogP contribution < -0.4 is 5.32 Å². The molecule has 1 rings (SSSR count). The number of nitrogens with one attached hydrogen (secondary N) is 1. The Morgan fingerprint density at radius 1 is 1.42 bits per heavy atom. The van der Waals surface area contributed by atoms with Gasteiger partial charge in [0.2, 0.25) is 5.91 Å². The van der Waals surface area contributed by atoms with Crippen molar-refractivity contribution >= 4 is 5.91 Å². The summed E-state index contributed by atoms with van der Waals surface area (Å²) in [6.07, 6.45) is 4.84. The number of rotatable bonds is 4. The molecule has 0 saturated heterocycles. The molecular weight excluding hydrogens is 240 g/mol. The molecule has 19 heavy (non-hydrogen) atoms. The van der Waals surface area contributed by atoms with Crippen LogP contribution in [-0.2, 0) is 9.53 Å². The van der Waals surface area contributed by atoms with Gasteiger partial charge in [0, 0.05) is 0 Å². The van der Waals surface area contributed by atoms with E-state index in [1.165, 1.54) is 19.3 Å². The summed E-state index contributed by atoms with van der Waals surface area (Å²) < 4.78 is 5.69. The molecule has 0 spiro atoms. The fourth-order valence-corrected chi connectivity index (χ4v) is 2.36. The molecule has 4 nitrogen and oxygen atoms in total. The molecule has 0 radical (unpaired) electrons. The predicted octanol–water partition coefficient (Wildman–Crippen LogP) is 2.64. The maximum absolute atomic E-state index is 11.8. The standard InChI is InChI=1S/C15H26N2O2/c1-11-7-5-6-8-12(11)19-10-14(18)17-13(9-16)15(2,3)4/h11-13H,5-8,10H2,1-4H3,(H,17,18). The number of nitriles is 1. The van der Waals surface area contributed by atoms with Crippen LogP contribution >= 0.6 is 0 Å². The summed E-state index contributed by atoms with van der Waals surface area (Å²) in [5, 5.41) is 11.8. The van der Waals surface area contributed by atoms with E-state index in [-0.39, 0.29) is 24.0 Å². The van der Waals surface area contributed by atoms with Crippen molar-refractivity contribution in [1.82, 2.24) is 5.32 Å². The first kappa shape index (κ1) is 16.0. The van der Waals surface area contributed by atoms with Gasteiger partial charge in [-0.3, -0.25) is 4.79 Å². The second kappa shape index (κ2) is 6.91. The summed E-state index contributed by atoms with van der Waals surface area (Å²) in [5.41, 5.74) is -0.261. The van der Waals surface area contributed by atoms with Crippen molar-refractivity contribution < 1.29 is 9.53 Å². The number of ether oxygens (including phenoxy) is 1. The van der Waals surface area contributed by atoms with Crippen LogP contribution in [0.1, 0.15) is 53.4 Å². The Morgan fingerprint density at radius 3 is 2.58 bits per heavy atom. The fourth-order valence-electron chi connectivity index (χ4n) is 2.36. The molecule has 1 aliphatic carbocycles. The van der Waals surface area contributed by atoms with Crippen molar-refractivity contribution in [2.24, 2.45) is 11.3 Å². The Balaban J connectivity index is 2.37. The van der Waals surface area contributed by atoms with Crippen LogP contribution in [0.25, 0.3) is 0 Å². The predicted molar refractivity (Wildman–Crippen MR) is 74.4 cm³/mol. The van der Waals surface area contributed by atoms with E-state index in [9.17, 15) is 4.79 Å². The second-order valence-electron chi connectivity index (χ2n) is 6.61. The smallest absolute Gasteiger partial charge is 0.247 e. The first-order valence-electron chi connectivity index (χ1n) is 7.15. The lowest BCUT2D eigenvalue weighted by Crippen LogP contribution is -2.44. The molecule has 3 unspecified atom stereocenters. The fraction of sp³-hybridized carbons (Fsp3) is 0.867. The van der Waals surface area contributed by atoms with E-state index >= 15 is 0 Å². The largest absolute Gasteiger partial charge is 0.368 e. The van der Waals surface area contributed by atoms with Gasteiger partial charge in [0.25, 0.3) is 0 Å². The Labute approximate surface area is 116 Å². The Kier molecular flexibility index (Phi) is 5.81. The average Bonchev–Trinajstić information content (AvgIpc) is 2.33. The van der Waals surface area contributed by atoms with Crippen molar-refractivity contribution in [3.8, 4) is 6.07 Å². The molecule has 108 valence electrons. The topological polar surface area (TPSA) is 62.1 Å². The minimum absolute atomic E-state index is 0.0588. The lowest BCUT2D eigenvalue weighted by molar-refractivity contribution is -0.130. The summed E-state index contributed by atoms with van der Waals surface area (Å²) in [5.74, 6) is 0.329. The molecule has 0 aromatic carbocycles. The van der Waals surface area contributed by atoms with Crippen molar-refractivity contribution in [1.29, 1.82) is 5.26 Å². The minimum Gasteiger partial charge on any atom is -0.368 e. The summed E-state index contributed by atoms with van der Waals surface area (Å²) in [7, 11) is 0. The summed E-state index contributed by atoms with van der Waals surface area (Å²) in [6.45, 7) is 8.04. The molecule has 1 fully saturated rings. The first-order valence-corrected chi connectivity index (χ1v) is 7.15. The van der Waals surface area contributed by atoms with Crippen molar-refractivity contribution in [3.05, 3.63) is 0 Å². The molecule has 0 bridgehead atoms. The van der Waals surface area contributed by atoms with E-state index in [0.717, 1.165) is 6.42 Å². The number of nitrogens with zero attached hydrogens (tertiary/aromatic N) is 1. The van der Waals surface area contributed by atoms with E-state index < -0.39 is 6.04 Å². The lowest BCUT2D eigenvalue weighted by Gasteiger charge is -2.29. The Hall–Kier alpha value is -1.08. The van der Waals surface area contributed by atoms with E-state index in [1.54, 1.807) is 0 Å². The quantitative estimate of drug-likeness (QED) is 0.851. The molecule has 1 amide bonds. The molecule has 1 N–H and O–H groups in total. The Bertz CT molecular complexity index is 341. The zero-order valence-electron chi connectivity index (χ0n) is 12.5. The van der Waals surface area contributed by atoms with Crippen molar-refractivity contribution in [2.45, 2.75) is 65.5 Å². The van der Waals surface area contributed by atoms with Gasteiger partial charge >= 0.3 is 0 Å². The molecule has 0 aliphatic heterocycles. The van der Waals surface area contributed by atoms with Crippen molar-refractivity contribution in [3.63, 3.8) is 0 Å². The van der Waals surface area contributed by atoms with Crippen LogP contribution in [0, 0.1) is 22.7 Å². The number of carbonyl (C=O) groups is 1. The van der Waals surface area contributed by atoms with Gasteiger partial charge in [0.15, 0.2) is 0 Å². The average molecular weight is 266 g/mol. The van der Waals surface area contributed by atoms with Gasteiger partial charge in [0.1, 0.15) is 12.6 Å². The molecule has 1 aliphatic rings. The number of carbonyl (C=O) groups excluding carboxylic acids is 1. The normalized spacial score (nSPS) is 25.4. The van der Waals surface area contributed by atoms with Crippen LogP contribution in [0.15, 0.2) is 0 Å². The molecule has 4 heteroatoms. The molecule has 1 saturated carbocycles. The number of amides is 1.